The molecule has 8 nitrogen and oxygen atoms in total. The van der Waals surface area contributed by atoms with Crippen LogP contribution in [-0.2, 0) is 4.74 Å². The summed E-state index contributed by atoms with van der Waals surface area (Å²) in [7, 11) is 0. The van der Waals surface area contributed by atoms with Crippen molar-refractivity contribution in [2.24, 2.45) is 0 Å². The maximum atomic E-state index is 10.5. The Morgan fingerprint density at radius 3 is 2.74 bits per heavy atom. The Bertz CT molecular complexity index is 779. The van der Waals surface area contributed by atoms with Crippen LogP contribution in [0.4, 0.5) is 5.82 Å². The second-order valence-electron chi connectivity index (χ2n) is 7.60. The number of ether oxygens (including phenoxy) is 1. The molecular formula is C18H27N5O3S. The van der Waals surface area contributed by atoms with Crippen LogP contribution in [0.5, 0.6) is 0 Å². The fraction of sp³-hybridized carbons (Fsp3) is 0.722. The largest absolute Gasteiger partial charge is 0.387 e. The minimum absolute atomic E-state index is 0.417. The van der Waals surface area contributed by atoms with E-state index in [4.69, 9.17) is 4.74 Å². The second kappa shape index (κ2) is 7.90. The number of aliphatic hydroxyl groups excluding tert-OH is 2. The number of hydrogen-bond acceptors (Lipinski definition) is 8. The molecule has 4 atom stereocenters. The molecule has 0 amide bonds. The summed E-state index contributed by atoms with van der Waals surface area (Å²) in [5, 5.41) is 24.8. The lowest BCUT2D eigenvalue weighted by Gasteiger charge is -2.17. The molecule has 0 unspecified atom stereocenters. The molecule has 2 aromatic heterocycles. The highest BCUT2D eigenvalue weighted by molar-refractivity contribution is 7.99. The van der Waals surface area contributed by atoms with Crippen LogP contribution in [0.15, 0.2) is 12.7 Å². The number of aliphatic hydroxyl groups is 2. The summed E-state index contributed by atoms with van der Waals surface area (Å²) < 4.78 is 7.68. The number of fused-ring (bicyclic) bond motifs is 1. The number of nitrogens with one attached hydrogen (secondary N) is 1. The lowest BCUT2D eigenvalue weighted by molar-refractivity contribution is -0.0289. The zero-order valence-electron chi connectivity index (χ0n) is 15.7. The molecule has 2 aromatic rings. The van der Waals surface area contributed by atoms with Crippen molar-refractivity contribution < 1.29 is 14.9 Å². The van der Waals surface area contributed by atoms with Gasteiger partial charge in [-0.3, -0.25) is 4.57 Å². The van der Waals surface area contributed by atoms with Crippen molar-refractivity contribution in [3.05, 3.63) is 12.7 Å². The molecular weight excluding hydrogens is 366 g/mol. The van der Waals surface area contributed by atoms with Gasteiger partial charge in [0.15, 0.2) is 23.2 Å². The van der Waals surface area contributed by atoms with Crippen LogP contribution in [-0.4, -0.2) is 65.1 Å². The molecule has 0 aromatic carbocycles. The molecule has 148 valence electrons. The van der Waals surface area contributed by atoms with E-state index in [9.17, 15) is 10.2 Å². The Labute approximate surface area is 162 Å². The lowest BCUT2D eigenvalue weighted by Crippen LogP contribution is -2.32. The van der Waals surface area contributed by atoms with Crippen molar-refractivity contribution in [1.29, 1.82) is 0 Å². The minimum Gasteiger partial charge on any atom is -0.387 e. The Hall–Kier alpha value is -1.42. The van der Waals surface area contributed by atoms with Crippen LogP contribution in [0.2, 0.25) is 0 Å². The predicted octanol–water partition coefficient (Wildman–Crippen LogP) is 1.94. The average molecular weight is 394 g/mol. The smallest absolute Gasteiger partial charge is 0.167 e. The Morgan fingerprint density at radius 2 is 2.00 bits per heavy atom. The van der Waals surface area contributed by atoms with Crippen molar-refractivity contribution in [2.75, 3.05) is 11.1 Å². The maximum Gasteiger partial charge on any atom is 0.167 e. The van der Waals surface area contributed by atoms with Gasteiger partial charge in [0, 0.05) is 11.8 Å². The van der Waals surface area contributed by atoms with Crippen molar-refractivity contribution in [3.8, 4) is 0 Å². The summed E-state index contributed by atoms with van der Waals surface area (Å²) in [4.78, 5) is 13.2. The summed E-state index contributed by atoms with van der Waals surface area (Å²) >= 11 is 1.70. The molecule has 1 saturated heterocycles. The standard InChI is InChI=1S/C18H27N5O3S/c1-10(2)27-7-12-14(24)15(25)18(26-12)23-9-21-13-16(19-8-20-17(13)23)22-11-5-3-4-6-11/h8-12,14-15,18,24-25H,3-7H2,1-2H3,(H,19,20,22)/t12-,14-,15-,18-/m1/s1. The topological polar surface area (TPSA) is 105 Å². The van der Waals surface area contributed by atoms with E-state index in [0.29, 0.717) is 34.0 Å². The van der Waals surface area contributed by atoms with Gasteiger partial charge in [-0.2, -0.15) is 11.8 Å². The van der Waals surface area contributed by atoms with Gasteiger partial charge in [-0.25, -0.2) is 15.0 Å². The van der Waals surface area contributed by atoms with E-state index >= 15 is 0 Å². The van der Waals surface area contributed by atoms with Gasteiger partial charge in [-0.05, 0) is 18.1 Å². The van der Waals surface area contributed by atoms with Crippen LogP contribution in [0.1, 0.15) is 45.8 Å². The normalized spacial score (nSPS) is 29.2. The van der Waals surface area contributed by atoms with Gasteiger partial charge >= 0.3 is 0 Å². The van der Waals surface area contributed by atoms with E-state index in [2.05, 4.69) is 34.1 Å². The minimum atomic E-state index is -1.03. The fourth-order valence-corrected chi connectivity index (χ4v) is 4.64. The summed E-state index contributed by atoms with van der Waals surface area (Å²) in [6.45, 7) is 4.19. The predicted molar refractivity (Wildman–Crippen MR) is 105 cm³/mol. The molecule has 2 aliphatic rings. The van der Waals surface area contributed by atoms with Crippen LogP contribution in [0.25, 0.3) is 11.2 Å². The van der Waals surface area contributed by atoms with Gasteiger partial charge in [-0.15, -0.1) is 0 Å². The van der Waals surface area contributed by atoms with E-state index in [1.165, 1.54) is 19.2 Å². The quantitative estimate of drug-likeness (QED) is 0.684. The molecule has 1 aliphatic heterocycles. The van der Waals surface area contributed by atoms with Gasteiger partial charge in [0.2, 0.25) is 0 Å². The van der Waals surface area contributed by atoms with Crippen LogP contribution in [0, 0.1) is 0 Å². The second-order valence-corrected chi connectivity index (χ2v) is 9.21. The summed E-state index contributed by atoms with van der Waals surface area (Å²) in [6, 6.07) is 0.417. The molecule has 0 radical (unpaired) electrons. The van der Waals surface area contributed by atoms with Crippen molar-refractivity contribution in [3.63, 3.8) is 0 Å². The van der Waals surface area contributed by atoms with Gasteiger partial charge < -0.3 is 20.3 Å². The molecule has 2 fully saturated rings. The number of thioether (sulfide) groups is 1. The highest BCUT2D eigenvalue weighted by Gasteiger charge is 2.44. The Kier molecular flexibility index (Phi) is 5.54. The molecule has 0 bridgehead atoms. The van der Waals surface area contributed by atoms with E-state index in [1.807, 2.05) is 0 Å². The number of hydrogen-bond donors (Lipinski definition) is 3. The third-order valence-electron chi connectivity index (χ3n) is 5.26. The van der Waals surface area contributed by atoms with E-state index in [-0.39, 0.29) is 0 Å². The van der Waals surface area contributed by atoms with Gasteiger partial charge in [-0.1, -0.05) is 26.7 Å². The number of rotatable bonds is 6. The highest BCUT2D eigenvalue weighted by Crippen LogP contribution is 2.34. The van der Waals surface area contributed by atoms with E-state index in [1.54, 1.807) is 22.7 Å². The number of nitrogens with zero attached hydrogens (tertiary/aromatic N) is 4. The van der Waals surface area contributed by atoms with Gasteiger partial charge in [0.25, 0.3) is 0 Å². The fourth-order valence-electron chi connectivity index (χ4n) is 3.79. The number of anilines is 1. The Balaban J connectivity index is 1.56. The first-order valence-corrected chi connectivity index (χ1v) is 10.7. The summed E-state index contributed by atoms with van der Waals surface area (Å²) in [5.41, 5.74) is 1.26. The van der Waals surface area contributed by atoms with Gasteiger partial charge in [0.1, 0.15) is 18.5 Å². The Morgan fingerprint density at radius 1 is 1.22 bits per heavy atom. The molecule has 3 N–H and O–H groups in total. The first-order valence-electron chi connectivity index (χ1n) is 9.62. The maximum absolute atomic E-state index is 10.5. The first-order chi connectivity index (χ1) is 13.0. The molecule has 3 heterocycles. The summed E-state index contributed by atoms with van der Waals surface area (Å²) in [5.74, 6) is 1.34. The summed E-state index contributed by atoms with van der Waals surface area (Å²) in [6.07, 6.45) is 4.75. The SMILES string of the molecule is CC(C)SC[C@H]1O[C@@H](n2cnc3c(NC4CCCC4)ncnc32)[C@H](O)[C@@H]1O. The molecule has 9 heteroatoms. The highest BCUT2D eigenvalue weighted by atomic mass is 32.2. The zero-order chi connectivity index (χ0) is 19.0. The van der Waals surface area contributed by atoms with Gasteiger partial charge in [0.05, 0.1) is 12.4 Å². The third-order valence-corrected chi connectivity index (χ3v) is 6.45. The molecule has 27 heavy (non-hydrogen) atoms. The van der Waals surface area contributed by atoms with Crippen molar-refractivity contribution >= 4 is 28.7 Å². The molecule has 1 saturated carbocycles. The first kappa shape index (κ1) is 18.9. The van der Waals surface area contributed by atoms with Crippen molar-refractivity contribution in [2.45, 2.75) is 75.4 Å². The van der Waals surface area contributed by atoms with E-state index < -0.39 is 24.5 Å². The monoisotopic (exact) mass is 393 g/mol. The van der Waals surface area contributed by atoms with Crippen LogP contribution >= 0.6 is 11.8 Å². The molecule has 4 rings (SSSR count). The van der Waals surface area contributed by atoms with Crippen molar-refractivity contribution in [1.82, 2.24) is 19.5 Å². The molecule has 1 aliphatic carbocycles. The van der Waals surface area contributed by atoms with Crippen LogP contribution < -0.4 is 5.32 Å². The number of aromatic nitrogens is 4. The number of imidazole rings is 1. The zero-order valence-corrected chi connectivity index (χ0v) is 16.5. The molecule has 0 spiro atoms. The van der Waals surface area contributed by atoms with Crippen LogP contribution in [0.3, 0.4) is 0 Å². The average Bonchev–Trinajstić information content (AvgIpc) is 3.36. The third kappa shape index (κ3) is 3.78. The van der Waals surface area contributed by atoms with E-state index in [0.717, 1.165) is 12.8 Å². The lowest BCUT2D eigenvalue weighted by atomic mass is 10.1.